The largest absolute Gasteiger partial charge is 0.382 e. The molecule has 0 bridgehead atoms. The van der Waals surface area contributed by atoms with Gasteiger partial charge in [0, 0.05) is 18.3 Å². The van der Waals surface area contributed by atoms with E-state index < -0.39 is 38.4 Å². The number of nitro benzene ring substituents is 1. The Hall–Kier alpha value is -4.62. The van der Waals surface area contributed by atoms with E-state index in [0.717, 1.165) is 35.4 Å². The van der Waals surface area contributed by atoms with E-state index >= 15 is 0 Å². The summed E-state index contributed by atoms with van der Waals surface area (Å²) in [5.74, 6) is -1.92. The molecule has 3 atom stereocenters. The summed E-state index contributed by atoms with van der Waals surface area (Å²) >= 11 is 0. The van der Waals surface area contributed by atoms with E-state index in [9.17, 15) is 28.4 Å². The highest BCUT2D eigenvalue weighted by molar-refractivity contribution is 7.92. The van der Waals surface area contributed by atoms with Crippen molar-refractivity contribution in [1.29, 1.82) is 0 Å². The van der Waals surface area contributed by atoms with Crippen LogP contribution in [0.25, 0.3) is 5.57 Å². The number of nitrogens with one attached hydrogen (secondary N) is 2. The first-order valence-corrected chi connectivity index (χ1v) is 12.8. The van der Waals surface area contributed by atoms with Gasteiger partial charge in [-0.05, 0) is 42.3 Å². The van der Waals surface area contributed by atoms with E-state index in [2.05, 4.69) is 20.0 Å². The second kappa shape index (κ2) is 10.4. The molecule has 0 radical (unpaired) electrons. The Balaban J connectivity index is 1.52. The maximum atomic E-state index is 12.7. The molecule has 0 spiro atoms. The van der Waals surface area contributed by atoms with Crippen LogP contribution in [0, 0.1) is 16.0 Å². The molecular formula is C25H24N6O6S. The molecule has 3 aromatic rings. The Bertz CT molecular complexity index is 1530. The van der Waals surface area contributed by atoms with Gasteiger partial charge in [0.1, 0.15) is 11.4 Å². The summed E-state index contributed by atoms with van der Waals surface area (Å²) in [5, 5.41) is 25.2. The Labute approximate surface area is 218 Å². The number of sulfonamides is 1. The lowest BCUT2D eigenvalue weighted by atomic mass is 9.75. The van der Waals surface area contributed by atoms with Crippen molar-refractivity contribution < 1.29 is 23.2 Å². The SMILES string of the molecule is CC(Nc1nccc(NS(=O)(=O)c2ccc([N+](=O)[O-])cc2)n1)C1(O)C=CC(c2ccccc2)=C[C@@H]1C(N)=O. The number of nitrogens with zero attached hydrogens (tertiary/aromatic N) is 3. The van der Waals surface area contributed by atoms with Crippen LogP contribution in [-0.4, -0.2) is 46.0 Å². The van der Waals surface area contributed by atoms with E-state index in [1.165, 1.54) is 18.3 Å². The average Bonchev–Trinajstić information content (AvgIpc) is 2.89. The van der Waals surface area contributed by atoms with Crippen molar-refractivity contribution in [2.75, 3.05) is 10.0 Å². The number of primary amides is 1. The minimum Gasteiger partial charge on any atom is -0.382 e. The van der Waals surface area contributed by atoms with E-state index in [1.54, 1.807) is 19.1 Å². The highest BCUT2D eigenvalue weighted by Crippen LogP contribution is 2.34. The van der Waals surface area contributed by atoms with Crippen molar-refractivity contribution in [2.24, 2.45) is 11.7 Å². The summed E-state index contributed by atoms with van der Waals surface area (Å²) < 4.78 is 27.7. The molecule has 1 aliphatic rings. The third-order valence-electron chi connectivity index (χ3n) is 6.08. The maximum absolute atomic E-state index is 12.7. The molecule has 0 saturated carbocycles. The normalized spacial score (nSPS) is 19.7. The standard InChI is InChI=1S/C25H24N6O6S/c1-16(25(33)13-11-18(15-21(25)23(26)32)17-5-3-2-4-6-17)28-24-27-14-12-22(29-24)30-38(36,37)20-9-7-19(8-10-20)31(34)35/h2-16,21,33H,1H3,(H2,26,32)(H2,27,28,29,30)/t16?,21-,25?/m1/s1. The minimum absolute atomic E-state index is 0.0238. The molecule has 13 heteroatoms. The molecule has 0 fully saturated rings. The number of anilines is 2. The fourth-order valence-electron chi connectivity index (χ4n) is 3.98. The molecule has 0 aliphatic heterocycles. The Morgan fingerprint density at radius 3 is 2.47 bits per heavy atom. The number of amides is 1. The van der Waals surface area contributed by atoms with Crippen molar-refractivity contribution in [3.8, 4) is 0 Å². The molecule has 1 aliphatic carbocycles. The smallest absolute Gasteiger partial charge is 0.269 e. The van der Waals surface area contributed by atoms with E-state index in [0.29, 0.717) is 0 Å². The molecule has 0 saturated heterocycles. The van der Waals surface area contributed by atoms with Gasteiger partial charge in [-0.1, -0.05) is 42.5 Å². The van der Waals surface area contributed by atoms with Crippen LogP contribution in [0.2, 0.25) is 0 Å². The monoisotopic (exact) mass is 536 g/mol. The third-order valence-corrected chi connectivity index (χ3v) is 7.45. The van der Waals surface area contributed by atoms with Crippen LogP contribution < -0.4 is 15.8 Å². The number of hydrogen-bond donors (Lipinski definition) is 4. The number of carbonyl (C=O) groups excluding carboxylic acids is 1. The number of nitrogens with two attached hydrogens (primary N) is 1. The number of aliphatic hydroxyl groups is 1. The zero-order valence-electron chi connectivity index (χ0n) is 20.1. The Morgan fingerprint density at radius 1 is 1.16 bits per heavy atom. The first-order chi connectivity index (χ1) is 18.0. The quantitative estimate of drug-likeness (QED) is 0.235. The van der Waals surface area contributed by atoms with Crippen LogP contribution in [-0.2, 0) is 14.8 Å². The number of carbonyl (C=O) groups is 1. The molecule has 1 amide bonds. The van der Waals surface area contributed by atoms with Crippen molar-refractivity contribution in [3.63, 3.8) is 0 Å². The number of rotatable bonds is 9. The van der Waals surface area contributed by atoms with Crippen LogP contribution in [0.1, 0.15) is 12.5 Å². The van der Waals surface area contributed by atoms with E-state index in [4.69, 9.17) is 5.73 Å². The molecule has 38 heavy (non-hydrogen) atoms. The molecule has 1 heterocycles. The van der Waals surface area contributed by atoms with Gasteiger partial charge in [-0.2, -0.15) is 4.98 Å². The highest BCUT2D eigenvalue weighted by Gasteiger charge is 2.44. The molecule has 196 valence electrons. The molecular weight excluding hydrogens is 512 g/mol. The summed E-state index contributed by atoms with van der Waals surface area (Å²) in [6.45, 7) is 1.61. The second-order valence-corrected chi connectivity index (χ2v) is 10.3. The number of hydrogen-bond acceptors (Lipinski definition) is 9. The van der Waals surface area contributed by atoms with Crippen LogP contribution in [0.5, 0.6) is 0 Å². The lowest BCUT2D eigenvalue weighted by Crippen LogP contribution is -2.54. The van der Waals surface area contributed by atoms with Crippen molar-refractivity contribution in [2.45, 2.75) is 23.5 Å². The van der Waals surface area contributed by atoms with Gasteiger partial charge in [0.2, 0.25) is 11.9 Å². The third kappa shape index (κ3) is 5.53. The summed E-state index contributed by atoms with van der Waals surface area (Å²) in [6, 6.07) is 14.2. The molecule has 12 nitrogen and oxygen atoms in total. The van der Waals surface area contributed by atoms with Crippen LogP contribution in [0.4, 0.5) is 17.5 Å². The van der Waals surface area contributed by atoms with Crippen LogP contribution in [0.15, 0.2) is 90.0 Å². The number of nitro groups is 1. The average molecular weight is 537 g/mol. The van der Waals surface area contributed by atoms with E-state index in [-0.39, 0.29) is 22.3 Å². The number of aromatic nitrogens is 2. The van der Waals surface area contributed by atoms with Crippen molar-refractivity contribution in [3.05, 3.63) is 101 Å². The maximum Gasteiger partial charge on any atom is 0.269 e. The van der Waals surface area contributed by atoms with Crippen molar-refractivity contribution >= 4 is 39.0 Å². The van der Waals surface area contributed by atoms with Gasteiger partial charge in [0.15, 0.2) is 0 Å². The Morgan fingerprint density at radius 2 is 1.84 bits per heavy atom. The zero-order valence-corrected chi connectivity index (χ0v) is 20.9. The summed E-state index contributed by atoms with van der Waals surface area (Å²) in [4.78, 5) is 30.5. The summed E-state index contributed by atoms with van der Waals surface area (Å²) in [6.07, 6.45) is 6.09. The van der Waals surface area contributed by atoms with Crippen LogP contribution in [0.3, 0.4) is 0 Å². The second-order valence-electron chi connectivity index (χ2n) is 8.58. The first-order valence-electron chi connectivity index (χ1n) is 11.3. The van der Waals surface area contributed by atoms with Gasteiger partial charge in [-0.15, -0.1) is 0 Å². The molecule has 4 rings (SSSR count). The molecule has 5 N–H and O–H groups in total. The Kier molecular flexibility index (Phi) is 7.23. The molecule has 2 unspecified atom stereocenters. The molecule has 2 aromatic carbocycles. The van der Waals surface area contributed by atoms with Crippen LogP contribution >= 0.6 is 0 Å². The lowest BCUT2D eigenvalue weighted by molar-refractivity contribution is -0.384. The zero-order chi connectivity index (χ0) is 27.5. The van der Waals surface area contributed by atoms with Gasteiger partial charge in [0.05, 0.1) is 21.8 Å². The van der Waals surface area contributed by atoms with E-state index in [1.807, 2.05) is 30.3 Å². The summed E-state index contributed by atoms with van der Waals surface area (Å²) in [7, 11) is -4.11. The summed E-state index contributed by atoms with van der Waals surface area (Å²) in [5.41, 5.74) is 5.24. The molecule has 1 aromatic heterocycles. The number of allylic oxidation sites excluding steroid dienone is 2. The van der Waals surface area contributed by atoms with Gasteiger partial charge < -0.3 is 16.2 Å². The number of non-ortho nitro benzene ring substituents is 1. The fraction of sp³-hybridized carbons (Fsp3) is 0.160. The lowest BCUT2D eigenvalue weighted by Gasteiger charge is -2.38. The number of benzene rings is 2. The van der Waals surface area contributed by atoms with Gasteiger partial charge in [-0.3, -0.25) is 19.6 Å². The van der Waals surface area contributed by atoms with Gasteiger partial charge in [0.25, 0.3) is 15.7 Å². The van der Waals surface area contributed by atoms with Crippen molar-refractivity contribution in [1.82, 2.24) is 9.97 Å². The van der Waals surface area contributed by atoms with Gasteiger partial charge in [-0.25, -0.2) is 13.4 Å². The first kappa shape index (κ1) is 26.4. The highest BCUT2D eigenvalue weighted by atomic mass is 32.2. The fourth-order valence-corrected chi connectivity index (χ4v) is 4.98. The van der Waals surface area contributed by atoms with Gasteiger partial charge >= 0.3 is 0 Å². The predicted molar refractivity (Wildman–Crippen MR) is 140 cm³/mol. The topological polar surface area (TPSA) is 190 Å². The predicted octanol–water partition coefficient (Wildman–Crippen LogP) is 2.47. The minimum atomic E-state index is -4.11.